The number of hydrogen-bond donors (Lipinski definition) is 2. The molecule has 0 aliphatic heterocycles. The summed E-state index contributed by atoms with van der Waals surface area (Å²) in [7, 11) is 2.46. The summed E-state index contributed by atoms with van der Waals surface area (Å²) in [5.41, 5.74) is -0.620. The molecule has 2 heterocycles. The van der Waals surface area contributed by atoms with Gasteiger partial charge in [-0.15, -0.1) is 0 Å². The summed E-state index contributed by atoms with van der Waals surface area (Å²) in [4.78, 5) is 27.0. The van der Waals surface area contributed by atoms with Gasteiger partial charge in [0.05, 0.1) is 16.8 Å². The normalized spacial score (nSPS) is 11.9. The van der Waals surface area contributed by atoms with Gasteiger partial charge in [-0.1, -0.05) is 11.6 Å². The Morgan fingerprint density at radius 2 is 1.96 bits per heavy atom. The Balaban J connectivity index is 2.32. The topological polar surface area (TPSA) is 102 Å². The van der Waals surface area contributed by atoms with E-state index in [1.54, 1.807) is 0 Å². The van der Waals surface area contributed by atoms with E-state index in [9.17, 15) is 27.9 Å². The Kier molecular flexibility index (Phi) is 4.88. The van der Waals surface area contributed by atoms with Crippen molar-refractivity contribution in [1.82, 2.24) is 14.1 Å². The quantitative estimate of drug-likeness (QED) is 0.620. The Labute approximate surface area is 142 Å². The van der Waals surface area contributed by atoms with Crippen molar-refractivity contribution < 1.29 is 18.3 Å². The van der Waals surface area contributed by atoms with E-state index in [-0.39, 0.29) is 16.4 Å². The van der Waals surface area contributed by atoms with Crippen molar-refractivity contribution in [2.75, 3.05) is 5.43 Å². The van der Waals surface area contributed by atoms with E-state index in [0.29, 0.717) is 12.3 Å². The first-order valence-electron chi connectivity index (χ1n) is 6.54. The second-order valence-corrected chi connectivity index (χ2v) is 5.27. The zero-order valence-corrected chi connectivity index (χ0v) is 13.6. The Bertz CT molecular complexity index is 965. The molecule has 0 spiro atoms. The highest BCUT2D eigenvalue weighted by Gasteiger charge is 2.31. The lowest BCUT2D eigenvalue weighted by Crippen LogP contribution is -2.38. The molecule has 0 bridgehead atoms. The van der Waals surface area contributed by atoms with Crippen molar-refractivity contribution in [3.05, 3.63) is 49.3 Å². The number of nitrogens with zero attached hydrogens (tertiary/aromatic N) is 4. The molecule has 0 aliphatic carbocycles. The molecule has 0 atom stereocenters. The molecule has 2 aromatic rings. The van der Waals surface area contributed by atoms with Gasteiger partial charge >= 0.3 is 11.9 Å². The zero-order chi connectivity index (χ0) is 18.9. The summed E-state index contributed by atoms with van der Waals surface area (Å²) < 4.78 is 39.2. The van der Waals surface area contributed by atoms with Crippen molar-refractivity contribution in [3.63, 3.8) is 0 Å². The predicted octanol–water partition coefficient (Wildman–Crippen LogP) is 1.30. The number of aromatic hydroxyl groups is 1. The number of halogens is 4. The van der Waals surface area contributed by atoms with E-state index in [0.717, 1.165) is 15.3 Å². The molecule has 25 heavy (non-hydrogen) atoms. The van der Waals surface area contributed by atoms with Crippen molar-refractivity contribution >= 4 is 23.6 Å². The van der Waals surface area contributed by atoms with Gasteiger partial charge in [-0.3, -0.25) is 19.4 Å². The predicted molar refractivity (Wildman–Crippen MR) is 84.1 cm³/mol. The zero-order valence-electron chi connectivity index (χ0n) is 12.8. The molecule has 12 heteroatoms. The highest BCUT2D eigenvalue weighted by atomic mass is 35.5. The van der Waals surface area contributed by atoms with E-state index in [1.165, 1.54) is 14.1 Å². The molecule has 0 aliphatic rings. The lowest BCUT2D eigenvalue weighted by atomic mass is 10.3. The first kappa shape index (κ1) is 18.5. The van der Waals surface area contributed by atoms with Crippen LogP contribution in [0.2, 0.25) is 5.02 Å². The van der Waals surface area contributed by atoms with Gasteiger partial charge in [-0.2, -0.15) is 18.3 Å². The van der Waals surface area contributed by atoms with E-state index >= 15 is 0 Å². The van der Waals surface area contributed by atoms with Crippen molar-refractivity contribution in [3.8, 4) is 5.88 Å². The first-order valence-corrected chi connectivity index (χ1v) is 6.92. The molecule has 134 valence electrons. The lowest BCUT2D eigenvalue weighted by molar-refractivity contribution is -0.137. The Hall–Kier alpha value is -2.82. The van der Waals surface area contributed by atoms with Crippen LogP contribution in [0.3, 0.4) is 0 Å². The molecular weight excluding hydrogens is 367 g/mol. The molecule has 0 aromatic carbocycles. The minimum absolute atomic E-state index is 0.188. The largest absolute Gasteiger partial charge is 0.494 e. The summed E-state index contributed by atoms with van der Waals surface area (Å²) >= 11 is 5.69. The SMILES string of the molecule is Cn1c(O)c(C=NNc2ncc(C(F)(F)F)cc2Cl)c(=O)n(C)c1=O. The second kappa shape index (κ2) is 6.59. The molecule has 2 aromatic heterocycles. The smallest absolute Gasteiger partial charge is 0.417 e. The average Bonchev–Trinajstić information content (AvgIpc) is 2.54. The van der Waals surface area contributed by atoms with Crippen LogP contribution in [0.15, 0.2) is 27.0 Å². The number of aromatic nitrogens is 3. The van der Waals surface area contributed by atoms with Gasteiger partial charge in [0.15, 0.2) is 5.82 Å². The number of rotatable bonds is 3. The maximum atomic E-state index is 12.5. The van der Waals surface area contributed by atoms with Crippen LogP contribution in [0.25, 0.3) is 0 Å². The molecule has 0 saturated carbocycles. The Morgan fingerprint density at radius 1 is 1.32 bits per heavy atom. The average molecular weight is 378 g/mol. The highest BCUT2D eigenvalue weighted by Crippen LogP contribution is 2.32. The molecule has 2 N–H and O–H groups in total. The Morgan fingerprint density at radius 3 is 2.52 bits per heavy atom. The van der Waals surface area contributed by atoms with E-state index in [4.69, 9.17) is 11.6 Å². The van der Waals surface area contributed by atoms with E-state index in [2.05, 4.69) is 15.5 Å². The van der Waals surface area contributed by atoms with Gasteiger partial charge in [-0.25, -0.2) is 9.78 Å². The third kappa shape index (κ3) is 3.65. The van der Waals surface area contributed by atoms with Gasteiger partial charge in [0.1, 0.15) is 5.56 Å². The number of anilines is 1. The molecule has 2 rings (SSSR count). The first-order chi connectivity index (χ1) is 11.5. The van der Waals surface area contributed by atoms with Crippen LogP contribution in [-0.2, 0) is 20.3 Å². The number of pyridine rings is 1. The monoisotopic (exact) mass is 377 g/mol. The van der Waals surface area contributed by atoms with Crippen LogP contribution in [-0.4, -0.2) is 25.4 Å². The van der Waals surface area contributed by atoms with E-state index < -0.39 is 28.9 Å². The van der Waals surface area contributed by atoms with Crippen molar-refractivity contribution in [1.29, 1.82) is 0 Å². The molecule has 0 fully saturated rings. The van der Waals surface area contributed by atoms with Crippen LogP contribution >= 0.6 is 11.6 Å². The molecule has 0 amide bonds. The molecular formula is C13H11ClF3N5O3. The van der Waals surface area contributed by atoms with Crippen LogP contribution in [0, 0.1) is 0 Å². The fourth-order valence-corrected chi connectivity index (χ4v) is 2.01. The van der Waals surface area contributed by atoms with Gasteiger partial charge in [0.25, 0.3) is 5.56 Å². The second-order valence-electron chi connectivity index (χ2n) is 4.87. The molecule has 0 unspecified atom stereocenters. The third-order valence-corrected chi connectivity index (χ3v) is 3.49. The van der Waals surface area contributed by atoms with Gasteiger partial charge in [-0.05, 0) is 6.07 Å². The fourth-order valence-electron chi connectivity index (χ4n) is 1.81. The van der Waals surface area contributed by atoms with Crippen LogP contribution in [0.5, 0.6) is 5.88 Å². The summed E-state index contributed by atoms with van der Waals surface area (Å²) in [5, 5.41) is 13.1. The lowest BCUT2D eigenvalue weighted by Gasteiger charge is -2.09. The molecule has 8 nitrogen and oxygen atoms in total. The summed E-state index contributed by atoms with van der Waals surface area (Å²) in [6.07, 6.45) is -3.13. The summed E-state index contributed by atoms with van der Waals surface area (Å²) in [6, 6.07) is 0.662. The van der Waals surface area contributed by atoms with Gasteiger partial charge < -0.3 is 5.11 Å². The van der Waals surface area contributed by atoms with Crippen molar-refractivity contribution in [2.45, 2.75) is 6.18 Å². The van der Waals surface area contributed by atoms with E-state index in [1.807, 2.05) is 0 Å². The molecule has 0 saturated heterocycles. The minimum Gasteiger partial charge on any atom is -0.494 e. The number of alkyl halides is 3. The summed E-state index contributed by atoms with van der Waals surface area (Å²) in [6.45, 7) is 0. The maximum absolute atomic E-state index is 12.5. The van der Waals surface area contributed by atoms with Gasteiger partial charge in [0, 0.05) is 20.3 Å². The fraction of sp³-hybridized carbons (Fsp3) is 0.231. The van der Waals surface area contributed by atoms with Crippen LogP contribution < -0.4 is 16.7 Å². The minimum atomic E-state index is -4.59. The number of nitrogens with one attached hydrogen (secondary N) is 1. The number of hydrogen-bond acceptors (Lipinski definition) is 6. The van der Waals surface area contributed by atoms with Crippen LogP contribution in [0.1, 0.15) is 11.1 Å². The van der Waals surface area contributed by atoms with Crippen LogP contribution in [0.4, 0.5) is 19.0 Å². The standard InChI is InChI=1S/C13H11ClF3N5O3/c1-21-10(23)7(11(24)22(2)12(21)25)5-19-20-9-8(14)3-6(4-18-9)13(15,16)17/h3-5,23H,1-2H3,(H,18,20). The third-order valence-electron chi connectivity index (χ3n) is 3.20. The van der Waals surface area contributed by atoms with Crippen molar-refractivity contribution in [2.24, 2.45) is 19.2 Å². The molecule has 0 radical (unpaired) electrons. The number of hydrazone groups is 1. The highest BCUT2D eigenvalue weighted by molar-refractivity contribution is 6.32. The maximum Gasteiger partial charge on any atom is 0.417 e. The van der Waals surface area contributed by atoms with Gasteiger partial charge in [0.2, 0.25) is 5.88 Å². The summed E-state index contributed by atoms with van der Waals surface area (Å²) in [5.74, 6) is -0.808.